The quantitative estimate of drug-likeness (QED) is 0.794. The van der Waals surface area contributed by atoms with Gasteiger partial charge in [-0.25, -0.2) is 12.8 Å². The Hall–Kier alpha value is -1.98. The molecule has 0 fully saturated rings. The summed E-state index contributed by atoms with van der Waals surface area (Å²) in [5.41, 5.74) is 0.266. The summed E-state index contributed by atoms with van der Waals surface area (Å²) in [6, 6.07) is 5.70. The highest BCUT2D eigenvalue weighted by molar-refractivity contribution is 7.90. The van der Waals surface area contributed by atoms with E-state index >= 15 is 0 Å². The van der Waals surface area contributed by atoms with Gasteiger partial charge in [-0.2, -0.15) is 5.26 Å². The van der Waals surface area contributed by atoms with Crippen LogP contribution in [0.3, 0.4) is 0 Å². The number of hydrogen-bond donors (Lipinski definition) is 2. The average molecular weight is 314 g/mol. The topological polar surface area (TPSA) is 107 Å². The van der Waals surface area contributed by atoms with Gasteiger partial charge in [0.1, 0.15) is 19.2 Å². The number of benzene rings is 1. The molecule has 0 aliphatic heterocycles. The number of nitrogens with one attached hydrogen (secondary N) is 1. The van der Waals surface area contributed by atoms with Gasteiger partial charge in [0.2, 0.25) is 5.91 Å². The zero-order valence-electron chi connectivity index (χ0n) is 11.3. The van der Waals surface area contributed by atoms with Crippen LogP contribution in [-0.4, -0.2) is 38.4 Å². The lowest BCUT2D eigenvalue weighted by atomic mass is 10.0. The van der Waals surface area contributed by atoms with Crippen molar-refractivity contribution in [1.29, 1.82) is 5.26 Å². The molecule has 0 aromatic heterocycles. The van der Waals surface area contributed by atoms with Crippen molar-refractivity contribution in [3.63, 3.8) is 0 Å². The molecule has 1 amide bonds. The number of sulfone groups is 1. The SMILES string of the molecule is CS(=O)(=O)c1ccc([C@H](O)[C@@H](CF)NC(=O)CC#N)cc1. The molecule has 6 nitrogen and oxygen atoms in total. The molecule has 0 radical (unpaired) electrons. The van der Waals surface area contributed by atoms with E-state index in [1.165, 1.54) is 24.3 Å². The van der Waals surface area contributed by atoms with Crippen LogP contribution in [0.1, 0.15) is 18.1 Å². The smallest absolute Gasteiger partial charge is 0.234 e. The molecule has 8 heteroatoms. The standard InChI is InChI=1S/C13H15FN2O4S/c1-21(19,20)10-4-2-9(3-5-10)13(18)11(8-14)16-12(17)6-7-15/h2-5,11,13,18H,6,8H2,1H3,(H,16,17)/t11-,13+/m1/s1. The Morgan fingerprint density at radius 2 is 2.00 bits per heavy atom. The van der Waals surface area contributed by atoms with Gasteiger partial charge >= 0.3 is 0 Å². The third-order valence-electron chi connectivity index (χ3n) is 2.78. The first-order chi connectivity index (χ1) is 9.79. The van der Waals surface area contributed by atoms with Crippen LogP contribution in [0.2, 0.25) is 0 Å². The van der Waals surface area contributed by atoms with Crippen molar-refractivity contribution in [3.05, 3.63) is 29.8 Å². The zero-order chi connectivity index (χ0) is 16.0. The Kier molecular flexibility index (Phi) is 5.81. The number of alkyl halides is 1. The lowest BCUT2D eigenvalue weighted by Crippen LogP contribution is -2.40. The number of aliphatic hydroxyl groups excluding tert-OH is 1. The molecule has 0 saturated heterocycles. The van der Waals surface area contributed by atoms with E-state index in [2.05, 4.69) is 5.32 Å². The summed E-state index contributed by atoms with van der Waals surface area (Å²) >= 11 is 0. The Balaban J connectivity index is 2.88. The van der Waals surface area contributed by atoms with E-state index < -0.39 is 41.0 Å². The summed E-state index contributed by atoms with van der Waals surface area (Å²) in [5.74, 6) is -0.688. The summed E-state index contributed by atoms with van der Waals surface area (Å²) in [5, 5.41) is 20.6. The highest BCUT2D eigenvalue weighted by Gasteiger charge is 2.23. The minimum absolute atomic E-state index is 0.0729. The van der Waals surface area contributed by atoms with Gasteiger partial charge in [0.15, 0.2) is 9.84 Å². The maximum atomic E-state index is 12.9. The summed E-state index contributed by atoms with van der Waals surface area (Å²) in [4.78, 5) is 11.3. The van der Waals surface area contributed by atoms with E-state index in [9.17, 15) is 22.7 Å². The number of nitrogens with zero attached hydrogens (tertiary/aromatic N) is 1. The van der Waals surface area contributed by atoms with E-state index in [1.54, 1.807) is 6.07 Å². The highest BCUT2D eigenvalue weighted by atomic mass is 32.2. The molecule has 0 heterocycles. The Labute approximate surface area is 122 Å². The van der Waals surface area contributed by atoms with E-state index in [-0.39, 0.29) is 10.5 Å². The molecule has 1 aromatic carbocycles. The van der Waals surface area contributed by atoms with Crippen LogP contribution in [0.25, 0.3) is 0 Å². The first-order valence-electron chi connectivity index (χ1n) is 6.00. The van der Waals surface area contributed by atoms with Crippen molar-refractivity contribution in [2.75, 3.05) is 12.9 Å². The molecule has 0 aliphatic rings. The number of hydrogen-bond acceptors (Lipinski definition) is 5. The van der Waals surface area contributed by atoms with Crippen molar-refractivity contribution < 1.29 is 22.7 Å². The minimum atomic E-state index is -3.36. The average Bonchev–Trinajstić information content (AvgIpc) is 2.43. The molecule has 2 N–H and O–H groups in total. The number of amides is 1. The van der Waals surface area contributed by atoms with E-state index in [0.717, 1.165) is 6.26 Å². The van der Waals surface area contributed by atoms with Crippen molar-refractivity contribution >= 4 is 15.7 Å². The number of carbonyl (C=O) groups excluding carboxylic acids is 1. The molecule has 2 atom stereocenters. The number of halogens is 1. The molecule has 0 bridgehead atoms. The van der Waals surface area contributed by atoms with Crippen LogP contribution in [0, 0.1) is 11.3 Å². The summed E-state index contributed by atoms with van der Waals surface area (Å²) in [7, 11) is -3.36. The molecule has 1 aromatic rings. The molecular weight excluding hydrogens is 299 g/mol. The fourth-order valence-electron chi connectivity index (χ4n) is 1.68. The predicted molar refractivity (Wildman–Crippen MR) is 72.6 cm³/mol. The lowest BCUT2D eigenvalue weighted by Gasteiger charge is -2.21. The fraction of sp³-hybridized carbons (Fsp3) is 0.385. The van der Waals surface area contributed by atoms with Gasteiger partial charge in [-0.05, 0) is 17.7 Å². The summed E-state index contributed by atoms with van der Waals surface area (Å²) < 4.78 is 35.5. The number of rotatable bonds is 6. The van der Waals surface area contributed by atoms with Crippen LogP contribution in [-0.2, 0) is 14.6 Å². The van der Waals surface area contributed by atoms with Gasteiger partial charge in [-0.15, -0.1) is 0 Å². The number of nitriles is 1. The molecule has 21 heavy (non-hydrogen) atoms. The summed E-state index contributed by atoms with van der Waals surface area (Å²) in [6.07, 6.45) is -0.729. The Morgan fingerprint density at radius 1 is 1.43 bits per heavy atom. The van der Waals surface area contributed by atoms with Gasteiger partial charge < -0.3 is 10.4 Å². The zero-order valence-corrected chi connectivity index (χ0v) is 12.1. The Morgan fingerprint density at radius 3 is 2.43 bits per heavy atom. The maximum absolute atomic E-state index is 12.9. The number of aliphatic hydroxyl groups is 1. The Bertz CT molecular complexity index is 637. The maximum Gasteiger partial charge on any atom is 0.234 e. The predicted octanol–water partition coefficient (Wildman–Crippen LogP) is 0.491. The molecule has 0 aliphatic carbocycles. The first-order valence-corrected chi connectivity index (χ1v) is 7.89. The second-order valence-electron chi connectivity index (χ2n) is 4.45. The first kappa shape index (κ1) is 17.1. The third kappa shape index (κ3) is 4.81. The fourth-order valence-corrected chi connectivity index (χ4v) is 2.31. The van der Waals surface area contributed by atoms with Gasteiger partial charge in [-0.1, -0.05) is 12.1 Å². The van der Waals surface area contributed by atoms with Crippen LogP contribution in [0.15, 0.2) is 29.2 Å². The van der Waals surface area contributed by atoms with Crippen LogP contribution >= 0.6 is 0 Å². The lowest BCUT2D eigenvalue weighted by molar-refractivity contribution is -0.121. The molecule has 0 unspecified atom stereocenters. The highest BCUT2D eigenvalue weighted by Crippen LogP contribution is 2.20. The van der Waals surface area contributed by atoms with Crippen molar-refractivity contribution in [1.82, 2.24) is 5.32 Å². The molecular formula is C13H15FN2O4S. The molecule has 114 valence electrons. The van der Waals surface area contributed by atoms with E-state index in [0.29, 0.717) is 0 Å². The molecule has 1 rings (SSSR count). The number of carbonyl (C=O) groups is 1. The van der Waals surface area contributed by atoms with E-state index in [1.807, 2.05) is 0 Å². The van der Waals surface area contributed by atoms with Gasteiger partial charge in [0.25, 0.3) is 0 Å². The van der Waals surface area contributed by atoms with Crippen LogP contribution < -0.4 is 5.32 Å². The second-order valence-corrected chi connectivity index (χ2v) is 6.46. The molecule has 0 spiro atoms. The van der Waals surface area contributed by atoms with Crippen molar-refractivity contribution in [2.24, 2.45) is 0 Å². The largest absolute Gasteiger partial charge is 0.386 e. The van der Waals surface area contributed by atoms with Crippen LogP contribution in [0.5, 0.6) is 0 Å². The van der Waals surface area contributed by atoms with Crippen molar-refractivity contribution in [2.45, 2.75) is 23.5 Å². The van der Waals surface area contributed by atoms with Gasteiger partial charge in [0, 0.05) is 6.26 Å². The van der Waals surface area contributed by atoms with Crippen LogP contribution in [0.4, 0.5) is 4.39 Å². The molecule has 0 saturated carbocycles. The second kappa shape index (κ2) is 7.15. The monoisotopic (exact) mass is 314 g/mol. The van der Waals surface area contributed by atoms with Crippen molar-refractivity contribution in [3.8, 4) is 6.07 Å². The minimum Gasteiger partial charge on any atom is -0.386 e. The summed E-state index contributed by atoms with van der Waals surface area (Å²) in [6.45, 7) is -1.02. The normalized spacial score (nSPS) is 14.0. The van der Waals surface area contributed by atoms with E-state index in [4.69, 9.17) is 5.26 Å². The van der Waals surface area contributed by atoms with Gasteiger partial charge in [-0.3, -0.25) is 4.79 Å². The van der Waals surface area contributed by atoms with Gasteiger partial charge in [0.05, 0.1) is 17.0 Å². The third-order valence-corrected chi connectivity index (χ3v) is 3.91.